The molecule has 0 aromatic carbocycles. The van der Waals surface area contributed by atoms with Crippen molar-refractivity contribution in [2.24, 2.45) is 0 Å². The molecule has 3 saturated heterocycles. The van der Waals surface area contributed by atoms with E-state index in [1.165, 1.54) is 30.5 Å². The van der Waals surface area contributed by atoms with Gasteiger partial charge in [0.25, 0.3) is 0 Å². The SMILES string of the molecule is Cc1ncccc1CN1C2CC1CN(c1cc(C3CC3)ncn1)C2. The number of aromatic nitrogens is 3. The highest BCUT2D eigenvalue weighted by Crippen LogP contribution is 2.40. The molecular formula is C19H23N5. The number of anilines is 1. The van der Waals surface area contributed by atoms with Crippen LogP contribution in [0.2, 0.25) is 0 Å². The lowest BCUT2D eigenvalue weighted by Gasteiger charge is -2.56. The number of aryl methyl sites for hydroxylation is 1. The normalized spacial score (nSPS) is 26.3. The van der Waals surface area contributed by atoms with Crippen LogP contribution in [-0.2, 0) is 6.54 Å². The molecule has 2 aromatic rings. The molecule has 0 amide bonds. The van der Waals surface area contributed by atoms with Crippen molar-refractivity contribution >= 4 is 5.82 Å². The Morgan fingerprint density at radius 3 is 2.71 bits per heavy atom. The van der Waals surface area contributed by atoms with E-state index in [2.05, 4.69) is 43.8 Å². The molecule has 1 aliphatic carbocycles. The van der Waals surface area contributed by atoms with E-state index in [0.717, 1.165) is 31.1 Å². The summed E-state index contributed by atoms with van der Waals surface area (Å²) in [6, 6.07) is 7.76. The summed E-state index contributed by atoms with van der Waals surface area (Å²) < 4.78 is 0. The van der Waals surface area contributed by atoms with Gasteiger partial charge in [0, 0.05) is 61.3 Å². The Morgan fingerprint density at radius 2 is 1.96 bits per heavy atom. The minimum absolute atomic E-state index is 0.641. The lowest BCUT2D eigenvalue weighted by atomic mass is 9.86. The number of hydrogen-bond acceptors (Lipinski definition) is 5. The zero-order valence-corrected chi connectivity index (χ0v) is 14.1. The van der Waals surface area contributed by atoms with Gasteiger partial charge in [-0.2, -0.15) is 0 Å². The van der Waals surface area contributed by atoms with E-state index in [1.54, 1.807) is 6.33 Å². The van der Waals surface area contributed by atoms with Gasteiger partial charge in [-0.05, 0) is 37.8 Å². The lowest BCUT2D eigenvalue weighted by molar-refractivity contribution is -0.00892. The number of piperidine rings is 1. The molecule has 0 N–H and O–H groups in total. The van der Waals surface area contributed by atoms with Crippen LogP contribution in [0.15, 0.2) is 30.7 Å². The van der Waals surface area contributed by atoms with E-state index in [1.807, 2.05) is 12.3 Å². The van der Waals surface area contributed by atoms with Gasteiger partial charge in [0.2, 0.25) is 0 Å². The van der Waals surface area contributed by atoms with E-state index >= 15 is 0 Å². The summed E-state index contributed by atoms with van der Waals surface area (Å²) in [5, 5.41) is 0. The van der Waals surface area contributed by atoms with E-state index in [0.29, 0.717) is 18.0 Å². The van der Waals surface area contributed by atoms with Crippen molar-refractivity contribution in [2.75, 3.05) is 18.0 Å². The van der Waals surface area contributed by atoms with Gasteiger partial charge in [-0.1, -0.05) is 6.07 Å². The lowest BCUT2D eigenvalue weighted by Crippen LogP contribution is -2.68. The zero-order valence-electron chi connectivity index (χ0n) is 14.1. The first-order valence-electron chi connectivity index (χ1n) is 9.01. The Hall–Kier alpha value is -2.01. The number of nitrogens with zero attached hydrogens (tertiary/aromatic N) is 5. The molecule has 2 bridgehead atoms. The fourth-order valence-electron chi connectivity index (χ4n) is 4.15. The Bertz CT molecular complexity index is 745. The molecule has 24 heavy (non-hydrogen) atoms. The Morgan fingerprint density at radius 1 is 1.12 bits per heavy atom. The zero-order chi connectivity index (χ0) is 16.1. The largest absolute Gasteiger partial charge is 0.353 e. The molecule has 5 heterocycles. The number of hydrogen-bond donors (Lipinski definition) is 0. The fraction of sp³-hybridized carbons (Fsp3) is 0.526. The van der Waals surface area contributed by atoms with E-state index in [9.17, 15) is 0 Å². The van der Waals surface area contributed by atoms with Crippen molar-refractivity contribution in [3.8, 4) is 0 Å². The molecule has 5 nitrogen and oxygen atoms in total. The van der Waals surface area contributed by atoms with Crippen LogP contribution < -0.4 is 4.90 Å². The van der Waals surface area contributed by atoms with Gasteiger partial charge in [0.1, 0.15) is 12.1 Å². The van der Waals surface area contributed by atoms with Crippen LogP contribution in [0.5, 0.6) is 0 Å². The summed E-state index contributed by atoms with van der Waals surface area (Å²) in [6.45, 7) is 5.30. The molecule has 0 spiro atoms. The maximum absolute atomic E-state index is 4.54. The molecule has 2 unspecified atom stereocenters. The second kappa shape index (κ2) is 5.52. The summed E-state index contributed by atoms with van der Waals surface area (Å²) in [5.74, 6) is 1.81. The average molecular weight is 321 g/mol. The predicted octanol–water partition coefficient (Wildman–Crippen LogP) is 2.52. The standard InChI is InChI=1S/C19H23N5/c1-13-15(3-2-6-20-13)9-24-16-7-17(24)11-23(10-16)19-8-18(14-4-5-14)21-12-22-19/h2-3,6,8,12,14,16-17H,4-5,7,9-11H2,1H3. The maximum atomic E-state index is 4.54. The van der Waals surface area contributed by atoms with Crippen LogP contribution in [0.4, 0.5) is 5.82 Å². The van der Waals surface area contributed by atoms with Crippen LogP contribution in [0.1, 0.15) is 42.1 Å². The molecule has 3 aliphatic heterocycles. The Kier molecular flexibility index (Phi) is 3.30. The maximum Gasteiger partial charge on any atom is 0.132 e. The number of fused-ring (bicyclic) bond motifs is 2. The smallest absolute Gasteiger partial charge is 0.132 e. The van der Waals surface area contributed by atoms with Crippen molar-refractivity contribution < 1.29 is 0 Å². The van der Waals surface area contributed by atoms with E-state index < -0.39 is 0 Å². The van der Waals surface area contributed by atoms with Gasteiger partial charge in [-0.15, -0.1) is 0 Å². The second-order valence-electron chi connectivity index (χ2n) is 7.44. The van der Waals surface area contributed by atoms with Crippen LogP contribution >= 0.6 is 0 Å². The van der Waals surface area contributed by atoms with Gasteiger partial charge in [-0.3, -0.25) is 9.88 Å². The van der Waals surface area contributed by atoms with Gasteiger partial charge in [0.15, 0.2) is 0 Å². The second-order valence-corrected chi connectivity index (χ2v) is 7.44. The number of piperazine rings is 1. The van der Waals surface area contributed by atoms with Crippen molar-refractivity contribution in [1.82, 2.24) is 19.9 Å². The molecule has 2 aromatic heterocycles. The minimum Gasteiger partial charge on any atom is -0.353 e. The van der Waals surface area contributed by atoms with Gasteiger partial charge < -0.3 is 4.90 Å². The minimum atomic E-state index is 0.641. The molecule has 124 valence electrons. The summed E-state index contributed by atoms with van der Waals surface area (Å²) in [7, 11) is 0. The fourth-order valence-corrected chi connectivity index (χ4v) is 4.15. The third-order valence-corrected chi connectivity index (χ3v) is 5.81. The molecule has 4 fully saturated rings. The summed E-state index contributed by atoms with van der Waals surface area (Å²) in [5.41, 5.74) is 3.75. The van der Waals surface area contributed by atoms with Crippen LogP contribution in [-0.4, -0.2) is 45.0 Å². The number of pyridine rings is 1. The summed E-state index contributed by atoms with van der Waals surface area (Å²) in [6.07, 6.45) is 7.53. The van der Waals surface area contributed by atoms with E-state index in [-0.39, 0.29) is 0 Å². The van der Waals surface area contributed by atoms with Crippen LogP contribution in [0, 0.1) is 6.92 Å². The van der Waals surface area contributed by atoms with Crippen molar-refractivity contribution in [1.29, 1.82) is 0 Å². The first-order valence-corrected chi connectivity index (χ1v) is 9.01. The van der Waals surface area contributed by atoms with Gasteiger partial charge in [0.05, 0.1) is 0 Å². The molecule has 6 rings (SSSR count). The van der Waals surface area contributed by atoms with Crippen molar-refractivity contribution in [3.63, 3.8) is 0 Å². The first kappa shape index (κ1) is 14.3. The third-order valence-electron chi connectivity index (χ3n) is 5.81. The van der Waals surface area contributed by atoms with Gasteiger partial charge >= 0.3 is 0 Å². The first-order chi connectivity index (χ1) is 11.8. The van der Waals surface area contributed by atoms with Crippen LogP contribution in [0.3, 0.4) is 0 Å². The Labute approximate surface area is 142 Å². The molecule has 1 saturated carbocycles. The summed E-state index contributed by atoms with van der Waals surface area (Å²) in [4.78, 5) is 18.5. The molecule has 5 heteroatoms. The highest BCUT2D eigenvalue weighted by atomic mass is 15.4. The van der Waals surface area contributed by atoms with Gasteiger partial charge in [-0.25, -0.2) is 9.97 Å². The van der Waals surface area contributed by atoms with Crippen molar-refractivity contribution in [3.05, 3.63) is 47.7 Å². The monoisotopic (exact) mass is 321 g/mol. The predicted molar refractivity (Wildman–Crippen MR) is 92.9 cm³/mol. The molecule has 4 aliphatic rings. The van der Waals surface area contributed by atoms with Crippen LogP contribution in [0.25, 0.3) is 0 Å². The molecule has 0 radical (unpaired) electrons. The van der Waals surface area contributed by atoms with Crippen molar-refractivity contribution in [2.45, 2.75) is 50.7 Å². The molecular weight excluding hydrogens is 298 g/mol. The average Bonchev–Trinajstić information content (AvgIpc) is 3.46. The third kappa shape index (κ3) is 2.47. The topological polar surface area (TPSA) is 45.2 Å². The quantitative estimate of drug-likeness (QED) is 0.866. The highest BCUT2D eigenvalue weighted by Gasteiger charge is 2.44. The highest BCUT2D eigenvalue weighted by molar-refractivity contribution is 5.43. The number of rotatable bonds is 4. The Balaban J connectivity index is 1.29. The summed E-state index contributed by atoms with van der Waals surface area (Å²) >= 11 is 0. The van der Waals surface area contributed by atoms with E-state index in [4.69, 9.17) is 0 Å². The molecule has 2 atom stereocenters.